The average molecular weight is 758 g/mol. The molecule has 0 radical (unpaired) electrons. The smallest absolute Gasteiger partial charge is 0.138 e. The van der Waals surface area contributed by atoms with Crippen LogP contribution < -0.4 is 0 Å². The lowest BCUT2D eigenvalue weighted by molar-refractivity contribution is 0.781. The Kier molecular flexibility index (Phi) is 6.64. The van der Waals surface area contributed by atoms with Gasteiger partial charge < -0.3 is 4.57 Å². The van der Waals surface area contributed by atoms with Crippen LogP contribution in [0.3, 0.4) is 0 Å². The van der Waals surface area contributed by atoms with E-state index in [9.17, 15) is 0 Å². The molecule has 1 aliphatic carbocycles. The van der Waals surface area contributed by atoms with Gasteiger partial charge in [0.15, 0.2) is 0 Å². The van der Waals surface area contributed by atoms with Crippen molar-refractivity contribution in [3.63, 3.8) is 0 Å². The fourth-order valence-electron chi connectivity index (χ4n) is 10.2. The van der Waals surface area contributed by atoms with Crippen LogP contribution in [0.1, 0.15) is 30.4 Å². The second-order valence-corrected chi connectivity index (χ2v) is 17.0. The highest BCUT2D eigenvalue weighted by atomic mass is 32.1. The zero-order valence-electron chi connectivity index (χ0n) is 31.8. The SMILES string of the molecule is CC1CC=Cc2c1c1cc(-c3ccc4sc5cnc(-n6c7ccccc7c7ccc8c9ccccc9n(-c9ccccc9)c8c76)cc5c4c3)ccc1c1ccccc21. The van der Waals surface area contributed by atoms with Crippen LogP contribution in [0.2, 0.25) is 0 Å². The summed E-state index contributed by atoms with van der Waals surface area (Å²) in [7, 11) is 0. The van der Waals surface area contributed by atoms with Gasteiger partial charge in [0.25, 0.3) is 0 Å². The van der Waals surface area contributed by atoms with E-state index in [0.717, 1.165) is 23.4 Å². The van der Waals surface area contributed by atoms with Gasteiger partial charge in [-0.05, 0) is 105 Å². The molecule has 4 heterocycles. The average Bonchev–Trinajstić information content (AvgIpc) is 3.94. The topological polar surface area (TPSA) is 22.8 Å². The second-order valence-electron chi connectivity index (χ2n) is 15.9. The number of rotatable bonds is 3. The van der Waals surface area contributed by atoms with Crippen LogP contribution in [0.25, 0.3) is 114 Å². The highest BCUT2D eigenvalue weighted by Crippen LogP contribution is 2.45. The Bertz CT molecular complexity index is 3730. The van der Waals surface area contributed by atoms with Crippen LogP contribution in [-0.4, -0.2) is 14.1 Å². The molecule has 0 saturated heterocycles. The third kappa shape index (κ3) is 4.41. The molecule has 8 aromatic carbocycles. The quantitative estimate of drug-likeness (QED) is 0.165. The highest BCUT2D eigenvalue weighted by Gasteiger charge is 2.23. The van der Waals surface area contributed by atoms with Crippen molar-refractivity contribution in [1.82, 2.24) is 14.1 Å². The lowest BCUT2D eigenvalue weighted by Crippen LogP contribution is -2.02. The molecule has 0 bridgehead atoms. The van der Waals surface area contributed by atoms with Gasteiger partial charge in [-0.1, -0.05) is 128 Å². The van der Waals surface area contributed by atoms with E-state index in [1.807, 2.05) is 11.3 Å². The van der Waals surface area contributed by atoms with Gasteiger partial charge in [0.05, 0.1) is 26.8 Å². The molecule has 3 nitrogen and oxygen atoms in total. The summed E-state index contributed by atoms with van der Waals surface area (Å²) < 4.78 is 7.31. The van der Waals surface area contributed by atoms with Crippen molar-refractivity contribution >= 4 is 103 Å². The Labute approximate surface area is 338 Å². The largest absolute Gasteiger partial charge is 0.307 e. The molecule has 1 atom stereocenters. The first kappa shape index (κ1) is 32.1. The molecule has 0 aliphatic heterocycles. The molecule has 0 fully saturated rings. The number of nitrogens with zero attached hydrogens (tertiary/aromatic N) is 3. The highest BCUT2D eigenvalue weighted by molar-refractivity contribution is 7.25. The van der Waals surface area contributed by atoms with E-state index < -0.39 is 0 Å². The van der Waals surface area contributed by atoms with Crippen molar-refractivity contribution in [3.8, 4) is 22.6 Å². The summed E-state index contributed by atoms with van der Waals surface area (Å²) in [4.78, 5) is 5.25. The summed E-state index contributed by atoms with van der Waals surface area (Å²) in [5.41, 5.74) is 11.2. The molecule has 58 heavy (non-hydrogen) atoms. The third-order valence-corrected chi connectivity index (χ3v) is 13.9. The summed E-state index contributed by atoms with van der Waals surface area (Å²) in [6.07, 6.45) is 7.85. The molecule has 12 aromatic rings. The standard InChI is InChI=1S/C54H35N3S/c1-32-12-11-19-41-37-16-6-5-15-36(37)38-24-22-33(29-46(38)52(32)41)34-23-27-49-44(28-34)45-30-51(55-31-50(45)58-49)57-48-21-10-8-18-40(48)43-26-25-42-39-17-7-9-20-47(39)56(53(42)54(43)57)35-13-3-2-4-14-35/h2-11,13-32H,12H2,1H3. The maximum atomic E-state index is 5.25. The van der Waals surface area contributed by atoms with Crippen molar-refractivity contribution in [2.24, 2.45) is 0 Å². The van der Waals surface area contributed by atoms with Gasteiger partial charge >= 0.3 is 0 Å². The maximum absolute atomic E-state index is 5.25. The van der Waals surface area contributed by atoms with Gasteiger partial charge in [0.2, 0.25) is 0 Å². The van der Waals surface area contributed by atoms with Gasteiger partial charge in [0, 0.05) is 48.9 Å². The Balaban J connectivity index is 1.06. The number of benzene rings is 8. The Morgan fingerprint density at radius 2 is 1.09 bits per heavy atom. The molecular formula is C54H35N3S. The van der Waals surface area contributed by atoms with E-state index in [4.69, 9.17) is 4.98 Å². The molecule has 0 amide bonds. The Morgan fingerprint density at radius 3 is 1.86 bits per heavy atom. The second kappa shape index (κ2) is 12.0. The fraction of sp³-hybridized carbons (Fsp3) is 0.0556. The van der Waals surface area contributed by atoms with Crippen LogP contribution in [0, 0.1) is 0 Å². The van der Waals surface area contributed by atoms with Crippen molar-refractivity contribution < 1.29 is 0 Å². The molecular weight excluding hydrogens is 723 g/mol. The third-order valence-electron chi connectivity index (χ3n) is 12.8. The minimum absolute atomic E-state index is 0.465. The number of thiophene rings is 1. The van der Waals surface area contributed by atoms with E-state index in [2.05, 4.69) is 192 Å². The molecule has 13 rings (SSSR count). The zero-order chi connectivity index (χ0) is 38.1. The normalized spacial score (nSPS) is 14.3. The predicted molar refractivity (Wildman–Crippen MR) is 248 cm³/mol. The van der Waals surface area contributed by atoms with E-state index >= 15 is 0 Å². The lowest BCUT2D eigenvalue weighted by Gasteiger charge is -2.23. The van der Waals surface area contributed by atoms with Crippen LogP contribution in [-0.2, 0) is 0 Å². The van der Waals surface area contributed by atoms with Crippen molar-refractivity contribution in [3.05, 3.63) is 181 Å². The van der Waals surface area contributed by atoms with Crippen molar-refractivity contribution in [2.75, 3.05) is 0 Å². The number of fused-ring (bicyclic) bond motifs is 16. The summed E-state index contributed by atoms with van der Waals surface area (Å²) >= 11 is 1.82. The minimum Gasteiger partial charge on any atom is -0.307 e. The lowest BCUT2D eigenvalue weighted by atomic mass is 9.81. The molecule has 4 heteroatoms. The summed E-state index contributed by atoms with van der Waals surface area (Å²) in [5, 5.41) is 12.8. The molecule has 0 spiro atoms. The number of hydrogen-bond donors (Lipinski definition) is 0. The molecule has 272 valence electrons. The molecule has 4 aromatic heterocycles. The van der Waals surface area contributed by atoms with E-state index in [-0.39, 0.29) is 0 Å². The van der Waals surface area contributed by atoms with Crippen molar-refractivity contribution in [2.45, 2.75) is 19.3 Å². The van der Waals surface area contributed by atoms with Gasteiger partial charge in [-0.15, -0.1) is 11.3 Å². The van der Waals surface area contributed by atoms with Gasteiger partial charge in [-0.25, -0.2) is 4.98 Å². The summed E-state index contributed by atoms with van der Waals surface area (Å²) in [6, 6.07) is 58.3. The van der Waals surface area contributed by atoms with Gasteiger partial charge in [0.1, 0.15) is 5.82 Å². The van der Waals surface area contributed by atoms with E-state index in [0.29, 0.717) is 5.92 Å². The fourth-order valence-corrected chi connectivity index (χ4v) is 11.2. The maximum Gasteiger partial charge on any atom is 0.138 e. The first-order valence-electron chi connectivity index (χ1n) is 20.2. The first-order valence-corrected chi connectivity index (χ1v) is 21.0. The van der Waals surface area contributed by atoms with Crippen LogP contribution in [0.5, 0.6) is 0 Å². The number of allylic oxidation sites excluding steroid dienone is 1. The predicted octanol–water partition coefficient (Wildman–Crippen LogP) is 15.1. The Hall–Kier alpha value is -7.01. The number of pyridine rings is 1. The van der Waals surface area contributed by atoms with E-state index in [1.54, 1.807) is 0 Å². The van der Waals surface area contributed by atoms with E-state index in [1.165, 1.54) is 102 Å². The van der Waals surface area contributed by atoms with Gasteiger partial charge in [-0.3, -0.25) is 4.57 Å². The summed E-state index contributed by atoms with van der Waals surface area (Å²) in [5.74, 6) is 1.39. The zero-order valence-corrected chi connectivity index (χ0v) is 32.6. The van der Waals surface area contributed by atoms with Crippen LogP contribution in [0.4, 0.5) is 0 Å². The number of hydrogen-bond acceptors (Lipinski definition) is 2. The Morgan fingerprint density at radius 1 is 0.500 bits per heavy atom. The molecule has 0 saturated carbocycles. The molecule has 1 unspecified atom stereocenters. The minimum atomic E-state index is 0.465. The first-order chi connectivity index (χ1) is 28.7. The van der Waals surface area contributed by atoms with Gasteiger partial charge in [-0.2, -0.15) is 0 Å². The summed E-state index contributed by atoms with van der Waals surface area (Å²) in [6.45, 7) is 2.38. The van der Waals surface area contributed by atoms with Crippen molar-refractivity contribution in [1.29, 1.82) is 0 Å². The molecule has 0 N–H and O–H groups in total. The monoisotopic (exact) mass is 757 g/mol. The molecule has 1 aliphatic rings. The number of aromatic nitrogens is 3. The van der Waals surface area contributed by atoms with Crippen LogP contribution >= 0.6 is 11.3 Å². The number of para-hydroxylation sites is 3. The van der Waals surface area contributed by atoms with Crippen LogP contribution in [0.15, 0.2) is 170 Å².